The molecule has 0 saturated heterocycles. The number of fused-ring (bicyclic) bond motifs is 1. The van der Waals surface area contributed by atoms with Gasteiger partial charge in [-0.1, -0.05) is 54.1 Å². The normalized spacial score (nSPS) is 12.1. The van der Waals surface area contributed by atoms with Crippen LogP contribution >= 0.6 is 0 Å². The Balaban J connectivity index is 1.77. The van der Waals surface area contributed by atoms with Crippen LogP contribution < -0.4 is 14.8 Å². The molecule has 1 atom stereocenters. The lowest BCUT2D eigenvalue weighted by atomic mass is 9.87. The third-order valence-electron chi connectivity index (χ3n) is 6.94. The lowest BCUT2D eigenvalue weighted by Gasteiger charge is -2.20. The highest BCUT2D eigenvalue weighted by Crippen LogP contribution is 2.44. The fourth-order valence-electron chi connectivity index (χ4n) is 4.82. The molecular weight excluding hydrogens is 540 g/mol. The number of hydrogen-bond donors (Lipinski definition) is 2. The van der Waals surface area contributed by atoms with Gasteiger partial charge in [-0.05, 0) is 54.4 Å². The predicted octanol–water partition coefficient (Wildman–Crippen LogP) is 6.56. The second kappa shape index (κ2) is 11.4. The second-order valence-electron chi connectivity index (χ2n) is 9.51. The topological polar surface area (TPSA) is 107 Å². The molecule has 0 bridgehead atoms. The summed E-state index contributed by atoms with van der Waals surface area (Å²) in [6.07, 6.45) is 0. The van der Waals surface area contributed by atoms with E-state index in [0.717, 1.165) is 11.1 Å². The fraction of sp³-hybridized carbons (Fsp3) is 0.156. The Morgan fingerprint density at radius 3 is 2.27 bits per heavy atom. The molecule has 210 valence electrons. The van der Waals surface area contributed by atoms with Gasteiger partial charge in [0.25, 0.3) is 10.0 Å². The molecule has 2 N–H and O–H groups in total. The van der Waals surface area contributed by atoms with E-state index in [1.165, 1.54) is 7.11 Å². The minimum Gasteiger partial charge on any atom is -0.497 e. The molecule has 0 aliphatic heterocycles. The van der Waals surface area contributed by atoms with Gasteiger partial charge >= 0.3 is 5.97 Å². The second-order valence-corrected chi connectivity index (χ2v) is 11.2. The molecule has 4 aromatic carbocycles. The molecule has 0 aliphatic carbocycles. The van der Waals surface area contributed by atoms with Crippen molar-refractivity contribution in [2.75, 3.05) is 31.3 Å². The number of anilines is 2. The summed E-state index contributed by atoms with van der Waals surface area (Å²) in [6, 6.07) is 26.8. The number of esters is 1. The Hall–Kier alpha value is -4.76. The van der Waals surface area contributed by atoms with E-state index in [9.17, 15) is 13.2 Å². The van der Waals surface area contributed by atoms with E-state index in [0.29, 0.717) is 45.0 Å². The standard InChI is InChI=1S/C32H30N2O6S/c1-20-10-14-24(15-11-20)41(36,37)34-30-25-16-13-23(38-3)19-28(25)40-31(30)29(21-8-6-5-7-9-21)22-12-17-27(33-2)26(18-22)32(35)39-4/h5-19,29,33-34H,1-4H3/t29-/m1/s1. The zero-order chi connectivity index (χ0) is 29.1. The first-order chi connectivity index (χ1) is 19.7. The van der Waals surface area contributed by atoms with Gasteiger partial charge in [0.2, 0.25) is 0 Å². The van der Waals surface area contributed by atoms with Gasteiger partial charge in [-0.25, -0.2) is 13.2 Å². The predicted molar refractivity (Wildman–Crippen MR) is 159 cm³/mol. The van der Waals surface area contributed by atoms with Gasteiger partial charge in [-0.2, -0.15) is 0 Å². The maximum absolute atomic E-state index is 13.6. The zero-order valence-corrected chi connectivity index (χ0v) is 23.9. The van der Waals surface area contributed by atoms with E-state index in [-0.39, 0.29) is 4.90 Å². The maximum atomic E-state index is 13.6. The summed E-state index contributed by atoms with van der Waals surface area (Å²) in [5, 5.41) is 3.59. The van der Waals surface area contributed by atoms with Crippen molar-refractivity contribution in [1.82, 2.24) is 0 Å². The lowest BCUT2D eigenvalue weighted by molar-refractivity contribution is 0.0601. The first-order valence-electron chi connectivity index (χ1n) is 12.9. The van der Waals surface area contributed by atoms with Crippen LogP contribution in [-0.4, -0.2) is 35.7 Å². The summed E-state index contributed by atoms with van der Waals surface area (Å²) in [6.45, 7) is 1.89. The van der Waals surface area contributed by atoms with E-state index in [2.05, 4.69) is 10.0 Å². The van der Waals surface area contributed by atoms with Crippen molar-refractivity contribution in [2.24, 2.45) is 0 Å². The van der Waals surface area contributed by atoms with Crippen molar-refractivity contribution in [3.8, 4) is 5.75 Å². The van der Waals surface area contributed by atoms with E-state index in [1.54, 1.807) is 68.8 Å². The number of aryl methyl sites for hydroxylation is 1. The summed E-state index contributed by atoms with van der Waals surface area (Å²) in [5.74, 6) is -0.159. The molecule has 0 saturated carbocycles. The van der Waals surface area contributed by atoms with Crippen LogP contribution in [0.5, 0.6) is 5.75 Å². The Labute approximate surface area is 239 Å². The summed E-state index contributed by atoms with van der Waals surface area (Å²) < 4.78 is 47.0. The molecule has 0 amide bonds. The minimum atomic E-state index is -3.99. The van der Waals surface area contributed by atoms with Crippen LogP contribution in [0.15, 0.2) is 100 Å². The molecule has 0 radical (unpaired) electrons. The van der Waals surface area contributed by atoms with Gasteiger partial charge in [0.05, 0.1) is 36.3 Å². The molecule has 0 spiro atoms. The van der Waals surface area contributed by atoms with Gasteiger partial charge in [0.15, 0.2) is 0 Å². The SMILES string of the molecule is CNc1ccc([C@@H](c2ccccc2)c2oc3cc(OC)ccc3c2NS(=O)(=O)c2ccc(C)cc2)cc1C(=O)OC. The Morgan fingerprint density at radius 1 is 0.878 bits per heavy atom. The quantitative estimate of drug-likeness (QED) is 0.193. The van der Waals surface area contributed by atoms with Gasteiger partial charge in [0, 0.05) is 24.2 Å². The van der Waals surface area contributed by atoms with Gasteiger partial charge in [-0.15, -0.1) is 0 Å². The number of ether oxygens (including phenoxy) is 2. The number of furan rings is 1. The number of carbonyl (C=O) groups excluding carboxylic acids is 1. The molecule has 1 aromatic heterocycles. The Kier molecular flexibility index (Phi) is 7.72. The highest BCUT2D eigenvalue weighted by Gasteiger charge is 2.30. The van der Waals surface area contributed by atoms with Crippen molar-refractivity contribution >= 4 is 38.3 Å². The van der Waals surface area contributed by atoms with Crippen LogP contribution in [0.1, 0.15) is 38.7 Å². The molecule has 1 heterocycles. The number of benzene rings is 4. The van der Waals surface area contributed by atoms with E-state index in [4.69, 9.17) is 13.9 Å². The van der Waals surface area contributed by atoms with Crippen molar-refractivity contribution in [2.45, 2.75) is 17.7 Å². The molecule has 0 unspecified atom stereocenters. The average molecular weight is 571 g/mol. The van der Waals surface area contributed by atoms with Crippen LogP contribution in [0.25, 0.3) is 11.0 Å². The Morgan fingerprint density at radius 2 is 1.61 bits per heavy atom. The lowest BCUT2D eigenvalue weighted by Crippen LogP contribution is -2.15. The van der Waals surface area contributed by atoms with Crippen molar-refractivity contribution < 1.29 is 27.1 Å². The van der Waals surface area contributed by atoms with Crippen LogP contribution in [-0.2, 0) is 14.8 Å². The average Bonchev–Trinajstić information content (AvgIpc) is 3.33. The largest absolute Gasteiger partial charge is 0.497 e. The maximum Gasteiger partial charge on any atom is 0.339 e. The van der Waals surface area contributed by atoms with E-state index in [1.807, 2.05) is 43.3 Å². The van der Waals surface area contributed by atoms with E-state index >= 15 is 0 Å². The van der Waals surface area contributed by atoms with Gasteiger partial charge < -0.3 is 19.2 Å². The minimum absolute atomic E-state index is 0.125. The Bertz CT molecular complexity index is 1810. The van der Waals surface area contributed by atoms with Crippen molar-refractivity contribution in [3.63, 3.8) is 0 Å². The molecular formula is C32H30N2O6S. The monoisotopic (exact) mass is 570 g/mol. The first kappa shape index (κ1) is 27.8. The first-order valence-corrected chi connectivity index (χ1v) is 14.4. The molecule has 0 fully saturated rings. The smallest absolute Gasteiger partial charge is 0.339 e. The van der Waals surface area contributed by atoms with Crippen molar-refractivity contribution in [1.29, 1.82) is 0 Å². The molecule has 0 aliphatic rings. The summed E-state index contributed by atoms with van der Waals surface area (Å²) in [5.41, 5.74) is 4.17. The molecule has 41 heavy (non-hydrogen) atoms. The highest BCUT2D eigenvalue weighted by molar-refractivity contribution is 7.92. The number of methoxy groups -OCH3 is 2. The number of sulfonamides is 1. The molecule has 5 rings (SSSR count). The summed E-state index contributed by atoms with van der Waals surface area (Å²) in [7, 11) is 0.613. The van der Waals surface area contributed by atoms with Crippen LogP contribution in [0, 0.1) is 6.92 Å². The van der Waals surface area contributed by atoms with Crippen LogP contribution in [0.3, 0.4) is 0 Å². The summed E-state index contributed by atoms with van der Waals surface area (Å²) >= 11 is 0. The molecule has 8 nitrogen and oxygen atoms in total. The van der Waals surface area contributed by atoms with Crippen LogP contribution in [0.2, 0.25) is 0 Å². The van der Waals surface area contributed by atoms with E-state index < -0.39 is 21.9 Å². The fourth-order valence-corrected chi connectivity index (χ4v) is 5.91. The number of hydrogen-bond acceptors (Lipinski definition) is 7. The number of carbonyl (C=O) groups is 1. The third kappa shape index (κ3) is 5.49. The molecule has 5 aromatic rings. The summed E-state index contributed by atoms with van der Waals surface area (Å²) in [4.78, 5) is 12.8. The molecule has 9 heteroatoms. The van der Waals surface area contributed by atoms with Gasteiger partial charge in [-0.3, -0.25) is 4.72 Å². The van der Waals surface area contributed by atoms with Crippen molar-refractivity contribution in [3.05, 3.63) is 119 Å². The van der Waals surface area contributed by atoms with Gasteiger partial charge in [0.1, 0.15) is 17.1 Å². The highest BCUT2D eigenvalue weighted by atomic mass is 32.2. The number of nitrogens with one attached hydrogen (secondary N) is 2. The number of rotatable bonds is 9. The van der Waals surface area contributed by atoms with Crippen LogP contribution in [0.4, 0.5) is 11.4 Å². The zero-order valence-electron chi connectivity index (χ0n) is 23.1. The third-order valence-corrected chi connectivity index (χ3v) is 8.30.